The highest BCUT2D eigenvalue weighted by Gasteiger charge is 2.13. The number of aliphatic carboxylic acids is 1. The predicted octanol–water partition coefficient (Wildman–Crippen LogP) is 4.66. The summed E-state index contributed by atoms with van der Waals surface area (Å²) in [6.07, 6.45) is 3.30. The molecule has 3 aromatic carbocycles. The number of carboxylic acid groups (broad SMARTS) is 1. The fraction of sp³-hybridized carbons (Fsp3) is 0.222. The van der Waals surface area contributed by atoms with Crippen molar-refractivity contribution >= 4 is 27.8 Å². The van der Waals surface area contributed by atoms with Crippen LogP contribution in [0.2, 0.25) is 0 Å². The predicted molar refractivity (Wildman–Crippen MR) is 136 cm³/mol. The Hall–Kier alpha value is -3.62. The highest BCUT2D eigenvalue weighted by Crippen LogP contribution is 2.23. The van der Waals surface area contributed by atoms with Crippen LogP contribution in [0.4, 0.5) is 5.69 Å². The fourth-order valence-corrected chi connectivity index (χ4v) is 4.44. The number of rotatable bonds is 12. The molecule has 0 saturated heterocycles. The third-order valence-corrected chi connectivity index (χ3v) is 6.60. The maximum atomic E-state index is 12.5. The first-order valence-corrected chi connectivity index (χ1v) is 12.7. The van der Waals surface area contributed by atoms with Crippen LogP contribution in [0.25, 0.3) is 6.08 Å². The fourth-order valence-electron chi connectivity index (χ4n) is 3.37. The van der Waals surface area contributed by atoms with Crippen LogP contribution in [0.5, 0.6) is 5.75 Å². The number of sulfonamides is 1. The molecule has 3 aromatic rings. The SMILES string of the molecule is Cc1ccc(CCC(=O)O)c(OCC[C@@H](O)/C=C/c2cccc(NS(=O)(=O)c3ccccc3)c2)c1. The molecule has 184 valence electrons. The van der Waals surface area contributed by atoms with Gasteiger partial charge in [-0.2, -0.15) is 0 Å². The highest BCUT2D eigenvalue weighted by molar-refractivity contribution is 7.92. The molecule has 0 heterocycles. The molecular formula is C27H29NO6S. The molecule has 7 nitrogen and oxygen atoms in total. The van der Waals surface area contributed by atoms with E-state index < -0.39 is 22.1 Å². The molecular weight excluding hydrogens is 466 g/mol. The summed E-state index contributed by atoms with van der Waals surface area (Å²) in [6, 6.07) is 20.6. The molecule has 35 heavy (non-hydrogen) atoms. The molecule has 1 atom stereocenters. The van der Waals surface area contributed by atoms with Gasteiger partial charge in [0.2, 0.25) is 0 Å². The number of ether oxygens (including phenoxy) is 1. The Balaban J connectivity index is 1.56. The second-order valence-electron chi connectivity index (χ2n) is 8.11. The first-order valence-electron chi connectivity index (χ1n) is 11.2. The molecule has 0 saturated carbocycles. The summed E-state index contributed by atoms with van der Waals surface area (Å²) >= 11 is 0. The standard InChI is InChI=1S/C27H29NO6S/c1-20-10-12-22(13-15-27(30)31)26(18-20)34-17-16-24(29)14-11-21-6-5-7-23(19-21)28-35(32,33)25-8-3-2-4-9-25/h2-12,14,18-19,24,28-29H,13,15-17H2,1H3,(H,30,31)/b14-11+/t24-/m0/s1. The van der Waals surface area contributed by atoms with Gasteiger partial charge in [-0.25, -0.2) is 8.42 Å². The first-order chi connectivity index (χ1) is 16.7. The van der Waals surface area contributed by atoms with E-state index >= 15 is 0 Å². The molecule has 3 N–H and O–H groups in total. The van der Waals surface area contributed by atoms with Crippen molar-refractivity contribution in [2.75, 3.05) is 11.3 Å². The third-order valence-electron chi connectivity index (χ3n) is 5.21. The van der Waals surface area contributed by atoms with Crippen molar-refractivity contribution in [3.05, 3.63) is 95.6 Å². The lowest BCUT2D eigenvalue weighted by atomic mass is 10.1. The summed E-state index contributed by atoms with van der Waals surface area (Å²) in [5.74, 6) is -0.241. The highest BCUT2D eigenvalue weighted by atomic mass is 32.2. The van der Waals surface area contributed by atoms with Crippen molar-refractivity contribution in [2.45, 2.75) is 37.2 Å². The van der Waals surface area contributed by atoms with Gasteiger partial charge < -0.3 is 14.9 Å². The molecule has 0 aromatic heterocycles. The molecule has 0 bridgehead atoms. The summed E-state index contributed by atoms with van der Waals surface area (Å²) in [5, 5.41) is 19.3. The molecule has 0 aliphatic rings. The number of hydrogen-bond acceptors (Lipinski definition) is 5. The van der Waals surface area contributed by atoms with Crippen molar-refractivity contribution < 1.29 is 28.2 Å². The van der Waals surface area contributed by atoms with Gasteiger partial charge >= 0.3 is 5.97 Å². The number of carbonyl (C=O) groups is 1. The average molecular weight is 496 g/mol. The lowest BCUT2D eigenvalue weighted by Gasteiger charge is -2.13. The Morgan fingerprint density at radius 1 is 1.06 bits per heavy atom. The van der Waals surface area contributed by atoms with Gasteiger partial charge in [0.15, 0.2) is 0 Å². The maximum Gasteiger partial charge on any atom is 0.303 e. The van der Waals surface area contributed by atoms with Gasteiger partial charge in [0.1, 0.15) is 5.75 Å². The van der Waals surface area contributed by atoms with E-state index in [-0.39, 0.29) is 17.9 Å². The number of aliphatic hydroxyl groups excluding tert-OH is 1. The van der Waals surface area contributed by atoms with E-state index in [0.717, 1.165) is 16.7 Å². The number of aliphatic hydroxyl groups is 1. The zero-order valence-electron chi connectivity index (χ0n) is 19.4. The molecule has 0 aliphatic carbocycles. The largest absolute Gasteiger partial charge is 0.493 e. The van der Waals surface area contributed by atoms with Crippen LogP contribution >= 0.6 is 0 Å². The van der Waals surface area contributed by atoms with E-state index in [9.17, 15) is 18.3 Å². The van der Waals surface area contributed by atoms with Crippen LogP contribution in [0, 0.1) is 6.92 Å². The van der Waals surface area contributed by atoms with Crippen molar-refractivity contribution in [1.82, 2.24) is 0 Å². The van der Waals surface area contributed by atoms with Crippen LogP contribution in [0.3, 0.4) is 0 Å². The van der Waals surface area contributed by atoms with E-state index in [1.807, 2.05) is 31.2 Å². The minimum absolute atomic E-state index is 0.0192. The lowest BCUT2D eigenvalue weighted by molar-refractivity contribution is -0.136. The molecule has 0 spiro atoms. The minimum Gasteiger partial charge on any atom is -0.493 e. The van der Waals surface area contributed by atoms with Crippen LogP contribution in [-0.4, -0.2) is 37.3 Å². The molecule has 3 rings (SSSR count). The quantitative estimate of drug-likeness (QED) is 0.337. The summed E-state index contributed by atoms with van der Waals surface area (Å²) < 4.78 is 33.4. The van der Waals surface area contributed by atoms with Crippen LogP contribution in [-0.2, 0) is 21.2 Å². The number of nitrogens with one attached hydrogen (secondary N) is 1. The first kappa shape index (κ1) is 26.0. The van der Waals surface area contributed by atoms with Crippen molar-refractivity contribution in [1.29, 1.82) is 0 Å². The Labute approximate surface area is 205 Å². The van der Waals surface area contributed by atoms with Crippen LogP contribution < -0.4 is 9.46 Å². The van der Waals surface area contributed by atoms with E-state index in [2.05, 4.69) is 4.72 Å². The zero-order valence-corrected chi connectivity index (χ0v) is 20.2. The number of carboxylic acids is 1. The molecule has 0 radical (unpaired) electrons. The van der Waals surface area contributed by atoms with Gasteiger partial charge in [-0.05, 0) is 60.4 Å². The van der Waals surface area contributed by atoms with E-state index in [0.29, 0.717) is 24.3 Å². The number of benzene rings is 3. The Kier molecular flexibility index (Phi) is 9.05. The monoisotopic (exact) mass is 495 g/mol. The van der Waals surface area contributed by atoms with Gasteiger partial charge in [0, 0.05) is 18.5 Å². The van der Waals surface area contributed by atoms with Gasteiger partial charge in [0.05, 0.1) is 17.6 Å². The van der Waals surface area contributed by atoms with Crippen molar-refractivity contribution in [3.8, 4) is 5.75 Å². The van der Waals surface area contributed by atoms with Gasteiger partial charge in [-0.3, -0.25) is 9.52 Å². The summed E-state index contributed by atoms with van der Waals surface area (Å²) in [4.78, 5) is 11.1. The Morgan fingerprint density at radius 2 is 1.83 bits per heavy atom. The second-order valence-corrected chi connectivity index (χ2v) is 9.79. The maximum absolute atomic E-state index is 12.5. The van der Waals surface area contributed by atoms with Crippen LogP contribution in [0.15, 0.2) is 83.8 Å². The minimum atomic E-state index is -3.69. The second kappa shape index (κ2) is 12.2. The topological polar surface area (TPSA) is 113 Å². The van der Waals surface area contributed by atoms with Crippen LogP contribution in [0.1, 0.15) is 29.5 Å². The molecule has 0 fully saturated rings. The smallest absolute Gasteiger partial charge is 0.303 e. The summed E-state index contributed by atoms with van der Waals surface area (Å²) in [6.45, 7) is 2.19. The lowest BCUT2D eigenvalue weighted by Crippen LogP contribution is -2.12. The average Bonchev–Trinajstić information content (AvgIpc) is 2.83. The van der Waals surface area contributed by atoms with Gasteiger partial charge in [-0.1, -0.05) is 54.6 Å². The Bertz CT molecular complexity index is 1270. The zero-order chi connectivity index (χ0) is 25.3. The van der Waals surface area contributed by atoms with Crippen molar-refractivity contribution in [3.63, 3.8) is 0 Å². The van der Waals surface area contributed by atoms with Gasteiger partial charge in [0.25, 0.3) is 10.0 Å². The van der Waals surface area contributed by atoms with E-state index in [1.54, 1.807) is 48.6 Å². The molecule has 0 amide bonds. The van der Waals surface area contributed by atoms with E-state index in [4.69, 9.17) is 9.84 Å². The normalized spacial score (nSPS) is 12.4. The Morgan fingerprint density at radius 3 is 2.57 bits per heavy atom. The molecule has 8 heteroatoms. The number of hydrogen-bond donors (Lipinski definition) is 3. The van der Waals surface area contributed by atoms with Crippen molar-refractivity contribution in [2.24, 2.45) is 0 Å². The molecule has 0 unspecified atom stereocenters. The summed E-state index contributed by atoms with van der Waals surface area (Å²) in [5.41, 5.74) is 2.97. The third kappa shape index (κ3) is 8.27. The number of aryl methyl sites for hydroxylation is 2. The summed E-state index contributed by atoms with van der Waals surface area (Å²) in [7, 11) is -3.69. The van der Waals surface area contributed by atoms with E-state index in [1.165, 1.54) is 12.1 Å². The number of anilines is 1. The van der Waals surface area contributed by atoms with Gasteiger partial charge in [-0.15, -0.1) is 0 Å². The molecule has 0 aliphatic heterocycles.